The first-order chi connectivity index (χ1) is 9.22. The number of nitrogens with zero attached hydrogens (tertiary/aromatic N) is 2. The third kappa shape index (κ3) is 3.73. The first-order valence-corrected chi connectivity index (χ1v) is 7.05. The molecule has 106 valence electrons. The lowest BCUT2D eigenvalue weighted by atomic mass is 10.1. The van der Waals surface area contributed by atoms with Gasteiger partial charge in [0.15, 0.2) is 0 Å². The van der Waals surface area contributed by atoms with Gasteiger partial charge in [0.25, 0.3) is 0 Å². The Morgan fingerprint density at radius 1 is 1.32 bits per heavy atom. The molecule has 0 atom stereocenters. The lowest BCUT2D eigenvalue weighted by Gasteiger charge is -2.41. The SMILES string of the molecule is C=C(/C=C(\C=N/N)N1CC(NC)C1)NC1CCCC1. The molecule has 0 aromatic rings. The molecule has 2 aliphatic rings. The summed E-state index contributed by atoms with van der Waals surface area (Å²) in [5.74, 6) is 5.29. The summed E-state index contributed by atoms with van der Waals surface area (Å²) in [5, 5.41) is 10.4. The Morgan fingerprint density at radius 3 is 2.58 bits per heavy atom. The predicted octanol–water partition coefficient (Wildman–Crippen LogP) is 0.764. The van der Waals surface area contributed by atoms with Crippen LogP contribution in [0.5, 0.6) is 0 Å². The van der Waals surface area contributed by atoms with Gasteiger partial charge in [-0.25, -0.2) is 0 Å². The number of hydrazone groups is 1. The van der Waals surface area contributed by atoms with Gasteiger partial charge in [-0.2, -0.15) is 5.10 Å². The van der Waals surface area contributed by atoms with E-state index in [9.17, 15) is 0 Å². The van der Waals surface area contributed by atoms with Crippen LogP contribution >= 0.6 is 0 Å². The maximum absolute atomic E-state index is 5.29. The molecule has 1 saturated carbocycles. The van der Waals surface area contributed by atoms with E-state index in [1.807, 2.05) is 13.1 Å². The highest BCUT2D eigenvalue weighted by Crippen LogP contribution is 2.20. The number of nitrogens with one attached hydrogen (secondary N) is 2. The molecule has 5 heteroatoms. The monoisotopic (exact) mass is 263 g/mol. The van der Waals surface area contributed by atoms with E-state index in [-0.39, 0.29) is 0 Å². The molecular formula is C14H25N5. The summed E-state index contributed by atoms with van der Waals surface area (Å²) in [6.07, 6.45) is 8.88. The molecule has 0 radical (unpaired) electrons. The fraction of sp³-hybridized carbons (Fsp3) is 0.643. The molecule has 2 rings (SSSR count). The molecule has 1 aliphatic heterocycles. The van der Waals surface area contributed by atoms with Gasteiger partial charge in [-0.15, -0.1) is 0 Å². The van der Waals surface area contributed by atoms with Crippen LogP contribution in [0.25, 0.3) is 0 Å². The highest BCUT2D eigenvalue weighted by molar-refractivity contribution is 5.78. The van der Waals surface area contributed by atoms with Crippen LogP contribution in [0.2, 0.25) is 0 Å². The minimum absolute atomic E-state index is 0.561. The molecular weight excluding hydrogens is 238 g/mol. The minimum atomic E-state index is 0.561. The Labute approximate surface area is 115 Å². The number of nitrogens with two attached hydrogens (primary N) is 1. The summed E-state index contributed by atoms with van der Waals surface area (Å²) >= 11 is 0. The van der Waals surface area contributed by atoms with Gasteiger partial charge in [-0.1, -0.05) is 19.4 Å². The van der Waals surface area contributed by atoms with E-state index >= 15 is 0 Å². The minimum Gasteiger partial charge on any atom is -0.383 e. The molecule has 0 aromatic heterocycles. The van der Waals surface area contributed by atoms with Gasteiger partial charge in [0, 0.05) is 30.9 Å². The standard InChI is InChI=1S/C14H25N5/c1-11(18-12-5-3-4-6-12)7-14(8-17-15)19-9-13(10-19)16-2/h7-8,12-13,16,18H,1,3-6,9-10,15H2,2H3/b14-7+,17-8-. The summed E-state index contributed by atoms with van der Waals surface area (Å²) in [6, 6.07) is 1.15. The van der Waals surface area contributed by atoms with Crippen LogP contribution < -0.4 is 16.5 Å². The molecule has 5 nitrogen and oxygen atoms in total. The maximum Gasteiger partial charge on any atom is 0.0700 e. The average molecular weight is 263 g/mol. The van der Waals surface area contributed by atoms with Gasteiger partial charge < -0.3 is 21.4 Å². The molecule has 4 N–H and O–H groups in total. The first kappa shape index (κ1) is 13.9. The molecule has 1 saturated heterocycles. The van der Waals surface area contributed by atoms with Crippen molar-refractivity contribution in [1.29, 1.82) is 0 Å². The molecule has 0 aromatic carbocycles. The molecule has 0 amide bonds. The summed E-state index contributed by atoms with van der Waals surface area (Å²) in [7, 11) is 1.99. The third-order valence-electron chi connectivity index (χ3n) is 3.93. The van der Waals surface area contributed by atoms with E-state index in [2.05, 4.69) is 27.2 Å². The van der Waals surface area contributed by atoms with Crippen LogP contribution in [0.3, 0.4) is 0 Å². The zero-order chi connectivity index (χ0) is 13.7. The molecule has 19 heavy (non-hydrogen) atoms. The number of hydrogen-bond donors (Lipinski definition) is 3. The van der Waals surface area contributed by atoms with Crippen molar-refractivity contribution >= 4 is 6.21 Å². The number of rotatable bonds is 6. The highest BCUT2D eigenvalue weighted by Gasteiger charge is 2.26. The average Bonchev–Trinajstić information content (AvgIpc) is 2.80. The number of allylic oxidation sites excluding steroid dienone is 2. The van der Waals surface area contributed by atoms with Crippen molar-refractivity contribution < 1.29 is 0 Å². The summed E-state index contributed by atoms with van der Waals surface area (Å²) in [6.45, 7) is 6.07. The van der Waals surface area contributed by atoms with E-state index < -0.39 is 0 Å². The summed E-state index contributed by atoms with van der Waals surface area (Å²) in [4.78, 5) is 2.25. The lowest BCUT2D eigenvalue weighted by Crippen LogP contribution is -2.56. The zero-order valence-corrected chi connectivity index (χ0v) is 11.7. The van der Waals surface area contributed by atoms with Gasteiger partial charge in [-0.05, 0) is 26.0 Å². The fourth-order valence-corrected chi connectivity index (χ4v) is 2.71. The maximum atomic E-state index is 5.29. The fourth-order valence-electron chi connectivity index (χ4n) is 2.71. The van der Waals surface area contributed by atoms with E-state index in [1.54, 1.807) is 6.21 Å². The molecule has 1 aliphatic carbocycles. The Balaban J connectivity index is 1.90. The second-order valence-corrected chi connectivity index (χ2v) is 5.39. The quantitative estimate of drug-likeness (QED) is 0.286. The van der Waals surface area contributed by atoms with Crippen molar-refractivity contribution in [3.05, 3.63) is 24.0 Å². The molecule has 1 heterocycles. The van der Waals surface area contributed by atoms with Crippen LogP contribution in [0.4, 0.5) is 0 Å². The smallest absolute Gasteiger partial charge is 0.0700 e. The largest absolute Gasteiger partial charge is 0.383 e. The second kappa shape index (κ2) is 6.61. The van der Waals surface area contributed by atoms with Crippen molar-refractivity contribution in [2.24, 2.45) is 10.9 Å². The topological polar surface area (TPSA) is 65.7 Å². The van der Waals surface area contributed by atoms with E-state index in [4.69, 9.17) is 5.84 Å². The number of likely N-dealkylation sites (N-methyl/N-ethyl adjacent to an activating group) is 1. The van der Waals surface area contributed by atoms with Crippen molar-refractivity contribution in [1.82, 2.24) is 15.5 Å². The Hall–Kier alpha value is -1.49. The van der Waals surface area contributed by atoms with Crippen molar-refractivity contribution in [3.8, 4) is 0 Å². The van der Waals surface area contributed by atoms with Gasteiger partial charge in [0.05, 0.1) is 11.9 Å². The molecule has 0 unspecified atom stereocenters. The molecule has 0 spiro atoms. The van der Waals surface area contributed by atoms with Crippen LogP contribution in [0, 0.1) is 0 Å². The third-order valence-corrected chi connectivity index (χ3v) is 3.93. The number of likely N-dealkylation sites (tertiary alicyclic amines) is 1. The van der Waals surface area contributed by atoms with E-state index in [1.165, 1.54) is 25.7 Å². The summed E-state index contributed by atoms with van der Waals surface area (Å²) < 4.78 is 0. The predicted molar refractivity (Wildman–Crippen MR) is 79.7 cm³/mol. The van der Waals surface area contributed by atoms with Gasteiger partial charge in [0.1, 0.15) is 0 Å². The number of hydrogen-bond acceptors (Lipinski definition) is 5. The zero-order valence-electron chi connectivity index (χ0n) is 11.7. The van der Waals surface area contributed by atoms with Gasteiger partial charge in [-0.3, -0.25) is 0 Å². The van der Waals surface area contributed by atoms with E-state index in [0.717, 1.165) is 24.5 Å². The summed E-state index contributed by atoms with van der Waals surface area (Å²) in [5.41, 5.74) is 1.99. The van der Waals surface area contributed by atoms with Crippen LogP contribution in [-0.4, -0.2) is 43.3 Å². The Bertz CT molecular complexity index is 362. The molecule has 0 bridgehead atoms. The van der Waals surface area contributed by atoms with E-state index in [0.29, 0.717) is 12.1 Å². The van der Waals surface area contributed by atoms with Crippen LogP contribution in [-0.2, 0) is 0 Å². The molecule has 2 fully saturated rings. The van der Waals surface area contributed by atoms with Crippen molar-refractivity contribution in [2.45, 2.75) is 37.8 Å². The normalized spacial score (nSPS) is 21.9. The lowest BCUT2D eigenvalue weighted by molar-refractivity contribution is 0.187. The van der Waals surface area contributed by atoms with Gasteiger partial charge >= 0.3 is 0 Å². The van der Waals surface area contributed by atoms with Crippen LogP contribution in [0.1, 0.15) is 25.7 Å². The van der Waals surface area contributed by atoms with Crippen molar-refractivity contribution in [3.63, 3.8) is 0 Å². The second-order valence-electron chi connectivity index (χ2n) is 5.39. The Morgan fingerprint density at radius 2 is 2.00 bits per heavy atom. The van der Waals surface area contributed by atoms with Crippen LogP contribution in [0.15, 0.2) is 29.2 Å². The Kier molecular flexibility index (Phi) is 4.85. The van der Waals surface area contributed by atoms with Gasteiger partial charge in [0.2, 0.25) is 0 Å². The highest BCUT2D eigenvalue weighted by atomic mass is 15.3. The first-order valence-electron chi connectivity index (χ1n) is 7.05. The van der Waals surface area contributed by atoms with Crippen molar-refractivity contribution in [2.75, 3.05) is 20.1 Å².